The maximum absolute atomic E-state index is 12.6. The Morgan fingerprint density at radius 2 is 1.81 bits per heavy atom. The number of hydrogen-bond donors (Lipinski definition) is 0. The van der Waals surface area contributed by atoms with Crippen LogP contribution in [0.1, 0.15) is 25.2 Å². The van der Waals surface area contributed by atoms with Gasteiger partial charge in [-0.25, -0.2) is 0 Å². The summed E-state index contributed by atoms with van der Waals surface area (Å²) < 4.78 is 6.74. The van der Waals surface area contributed by atoms with E-state index in [1.54, 1.807) is 6.08 Å². The summed E-state index contributed by atoms with van der Waals surface area (Å²) in [4.78, 5) is 28.6. The van der Waals surface area contributed by atoms with Gasteiger partial charge in [-0.15, -0.1) is 0 Å². The number of hydrogen-bond acceptors (Lipinski definition) is 5. The van der Waals surface area contributed by atoms with Gasteiger partial charge in [0.1, 0.15) is 5.76 Å². The molecule has 1 saturated heterocycles. The first-order valence-corrected chi connectivity index (χ1v) is 9.97. The zero-order valence-electron chi connectivity index (χ0n) is 14.6. The predicted octanol–water partition coefficient (Wildman–Crippen LogP) is 5.12. The van der Waals surface area contributed by atoms with E-state index < -0.39 is 0 Å². The molecule has 1 aromatic heterocycles. The Morgan fingerprint density at radius 3 is 2.46 bits per heavy atom. The summed E-state index contributed by atoms with van der Waals surface area (Å²) >= 11 is 4.32. The molecule has 2 heterocycles. The van der Waals surface area contributed by atoms with Crippen molar-refractivity contribution in [1.29, 1.82) is 0 Å². The summed E-state index contributed by atoms with van der Waals surface area (Å²) in [5.41, 5.74) is 0.901. The van der Waals surface area contributed by atoms with Crippen molar-refractivity contribution < 1.29 is 14.0 Å². The van der Waals surface area contributed by atoms with Crippen LogP contribution in [0.25, 0.3) is 6.08 Å². The normalized spacial score (nSPS) is 16.0. The number of furan rings is 1. The van der Waals surface area contributed by atoms with Crippen LogP contribution in [0.2, 0.25) is 0 Å². The number of imide groups is 1. The molecule has 1 aromatic carbocycles. The lowest BCUT2D eigenvalue weighted by atomic mass is 10.2. The van der Waals surface area contributed by atoms with Gasteiger partial charge in [0.2, 0.25) is 0 Å². The number of nitrogens with zero attached hydrogens (tertiary/aromatic N) is 2. The Labute approximate surface area is 165 Å². The van der Waals surface area contributed by atoms with E-state index >= 15 is 0 Å². The number of anilines is 1. The van der Waals surface area contributed by atoms with E-state index in [1.165, 1.54) is 4.90 Å². The Morgan fingerprint density at radius 1 is 1.12 bits per heavy atom. The Balaban J connectivity index is 1.75. The standard InChI is InChI=1S/C19H19BrN2O3S/c1-3-21(4-2)17-10-9-15(25-17)11-16-18(23)22(19(24)26-16)12-13-5-7-14(20)8-6-13/h5-11H,3-4,12H2,1-2H3/b16-11-. The molecule has 26 heavy (non-hydrogen) atoms. The second-order valence-corrected chi connectivity index (χ2v) is 7.65. The number of amides is 2. The van der Waals surface area contributed by atoms with Gasteiger partial charge in [-0.2, -0.15) is 0 Å². The van der Waals surface area contributed by atoms with Gasteiger partial charge in [0, 0.05) is 29.7 Å². The number of carbonyl (C=O) groups excluding carboxylic acids is 2. The summed E-state index contributed by atoms with van der Waals surface area (Å²) in [6, 6.07) is 11.3. The summed E-state index contributed by atoms with van der Waals surface area (Å²) in [6.07, 6.45) is 1.64. The van der Waals surface area contributed by atoms with E-state index in [0.717, 1.165) is 40.8 Å². The fourth-order valence-corrected chi connectivity index (χ4v) is 3.75. The predicted molar refractivity (Wildman–Crippen MR) is 108 cm³/mol. The molecule has 0 radical (unpaired) electrons. The molecule has 0 saturated carbocycles. The van der Waals surface area contributed by atoms with Crippen molar-refractivity contribution in [3.63, 3.8) is 0 Å². The quantitative estimate of drug-likeness (QED) is 0.590. The summed E-state index contributed by atoms with van der Waals surface area (Å²) in [7, 11) is 0. The summed E-state index contributed by atoms with van der Waals surface area (Å²) in [6.45, 7) is 6.05. The van der Waals surface area contributed by atoms with Gasteiger partial charge < -0.3 is 9.32 Å². The average molecular weight is 435 g/mol. The highest BCUT2D eigenvalue weighted by atomic mass is 79.9. The lowest BCUT2D eigenvalue weighted by molar-refractivity contribution is -0.123. The van der Waals surface area contributed by atoms with E-state index in [0.29, 0.717) is 10.7 Å². The molecule has 0 spiro atoms. The van der Waals surface area contributed by atoms with E-state index in [4.69, 9.17) is 4.42 Å². The number of carbonyl (C=O) groups is 2. The number of thioether (sulfide) groups is 1. The highest BCUT2D eigenvalue weighted by molar-refractivity contribution is 9.10. The Kier molecular flexibility index (Phi) is 5.88. The van der Waals surface area contributed by atoms with Gasteiger partial charge in [-0.1, -0.05) is 28.1 Å². The van der Waals surface area contributed by atoms with Crippen molar-refractivity contribution in [2.75, 3.05) is 18.0 Å². The van der Waals surface area contributed by atoms with E-state index in [1.807, 2.05) is 36.4 Å². The zero-order chi connectivity index (χ0) is 18.7. The first-order valence-electron chi connectivity index (χ1n) is 8.36. The van der Waals surface area contributed by atoms with Crippen molar-refractivity contribution >= 4 is 50.8 Å². The highest BCUT2D eigenvalue weighted by Crippen LogP contribution is 2.34. The molecular formula is C19H19BrN2O3S. The molecule has 0 bridgehead atoms. The summed E-state index contributed by atoms with van der Waals surface area (Å²) in [5.74, 6) is 1.04. The van der Waals surface area contributed by atoms with Crippen molar-refractivity contribution in [2.24, 2.45) is 0 Å². The van der Waals surface area contributed by atoms with Crippen LogP contribution < -0.4 is 4.90 Å². The molecule has 2 aromatic rings. The van der Waals surface area contributed by atoms with Crippen molar-refractivity contribution in [2.45, 2.75) is 20.4 Å². The molecule has 1 aliphatic rings. The van der Waals surface area contributed by atoms with Crippen LogP contribution in [-0.2, 0) is 11.3 Å². The second-order valence-electron chi connectivity index (χ2n) is 5.74. The third-order valence-corrected chi connectivity index (χ3v) is 5.52. The van der Waals surface area contributed by atoms with E-state index in [9.17, 15) is 9.59 Å². The molecule has 0 N–H and O–H groups in total. The molecule has 1 fully saturated rings. The fraction of sp³-hybridized carbons (Fsp3) is 0.263. The van der Waals surface area contributed by atoms with Crippen LogP contribution in [0.3, 0.4) is 0 Å². The largest absolute Gasteiger partial charge is 0.441 e. The van der Waals surface area contributed by atoms with Gasteiger partial charge in [0.25, 0.3) is 11.1 Å². The van der Waals surface area contributed by atoms with Crippen molar-refractivity contribution in [3.8, 4) is 0 Å². The highest BCUT2D eigenvalue weighted by Gasteiger charge is 2.35. The maximum Gasteiger partial charge on any atom is 0.293 e. The Bertz CT molecular complexity index is 841. The van der Waals surface area contributed by atoms with Gasteiger partial charge in [0.05, 0.1) is 11.4 Å². The first-order chi connectivity index (χ1) is 12.5. The molecule has 136 valence electrons. The topological polar surface area (TPSA) is 53.8 Å². The van der Waals surface area contributed by atoms with Crippen molar-refractivity contribution in [3.05, 3.63) is 57.1 Å². The molecule has 2 amide bonds. The lowest BCUT2D eigenvalue weighted by Crippen LogP contribution is -2.27. The van der Waals surface area contributed by atoms with Gasteiger partial charge in [-0.05, 0) is 49.4 Å². The second kappa shape index (κ2) is 8.14. The smallest absolute Gasteiger partial charge is 0.293 e. The minimum absolute atomic E-state index is 0.262. The van der Waals surface area contributed by atoms with Crippen LogP contribution in [0.15, 0.2) is 50.2 Å². The monoisotopic (exact) mass is 434 g/mol. The Hall–Kier alpha value is -1.99. The molecule has 0 unspecified atom stereocenters. The van der Waals surface area contributed by atoms with Crippen molar-refractivity contribution in [1.82, 2.24) is 4.90 Å². The van der Waals surface area contributed by atoms with Crippen LogP contribution in [-0.4, -0.2) is 29.1 Å². The molecule has 3 rings (SSSR count). The van der Waals surface area contributed by atoms with Crippen LogP contribution in [0.4, 0.5) is 10.7 Å². The van der Waals surface area contributed by atoms with Gasteiger partial charge in [0.15, 0.2) is 5.88 Å². The van der Waals surface area contributed by atoms with Crippen LogP contribution >= 0.6 is 27.7 Å². The van der Waals surface area contributed by atoms with E-state index in [2.05, 4.69) is 34.7 Å². The van der Waals surface area contributed by atoms with Crippen LogP contribution in [0.5, 0.6) is 0 Å². The molecule has 5 nitrogen and oxygen atoms in total. The maximum atomic E-state index is 12.6. The number of benzene rings is 1. The fourth-order valence-electron chi connectivity index (χ4n) is 2.66. The number of halogens is 1. The average Bonchev–Trinajstić information content (AvgIpc) is 3.18. The van der Waals surface area contributed by atoms with E-state index in [-0.39, 0.29) is 17.7 Å². The third-order valence-electron chi connectivity index (χ3n) is 4.09. The molecule has 0 aliphatic carbocycles. The van der Waals surface area contributed by atoms with Gasteiger partial charge >= 0.3 is 0 Å². The molecule has 0 atom stereocenters. The molecular weight excluding hydrogens is 416 g/mol. The number of rotatable bonds is 6. The summed E-state index contributed by atoms with van der Waals surface area (Å²) in [5, 5.41) is -0.264. The third kappa shape index (κ3) is 4.04. The molecule has 1 aliphatic heterocycles. The van der Waals surface area contributed by atoms with Gasteiger partial charge in [-0.3, -0.25) is 14.5 Å². The molecule has 7 heteroatoms. The first kappa shape index (κ1) is 18.8. The minimum Gasteiger partial charge on any atom is -0.441 e. The van der Waals surface area contributed by atoms with Crippen LogP contribution in [0, 0.1) is 0 Å². The zero-order valence-corrected chi connectivity index (χ0v) is 17.0. The SMILES string of the molecule is CCN(CC)c1ccc(/C=C2\SC(=O)N(Cc3ccc(Br)cc3)C2=O)o1. The lowest BCUT2D eigenvalue weighted by Gasteiger charge is -2.16. The minimum atomic E-state index is -0.288.